The number of carbonyl (C=O) groups excluding carboxylic acids is 1. The number of hydrogen-bond acceptors (Lipinski definition) is 3. The monoisotopic (exact) mass is 276 g/mol. The number of carbonyl (C=O) groups is 1. The molecule has 0 radical (unpaired) electrons. The van der Waals surface area contributed by atoms with E-state index >= 15 is 0 Å². The topological polar surface area (TPSA) is 41.6 Å². The lowest BCUT2D eigenvalue weighted by molar-refractivity contribution is 0.0374. The van der Waals surface area contributed by atoms with Crippen LogP contribution in [0.25, 0.3) is 0 Å². The van der Waals surface area contributed by atoms with Crippen molar-refractivity contribution >= 4 is 5.91 Å². The summed E-state index contributed by atoms with van der Waals surface area (Å²) in [6, 6.07) is 7.81. The van der Waals surface area contributed by atoms with Gasteiger partial charge in [-0.1, -0.05) is 25.1 Å². The molecule has 0 aliphatic carbocycles. The van der Waals surface area contributed by atoms with Gasteiger partial charge in [-0.05, 0) is 31.0 Å². The molecule has 0 unspecified atom stereocenters. The summed E-state index contributed by atoms with van der Waals surface area (Å²) in [6.45, 7) is 7.50. The Morgan fingerprint density at radius 1 is 1.30 bits per heavy atom. The van der Waals surface area contributed by atoms with Crippen LogP contribution in [0.4, 0.5) is 0 Å². The maximum Gasteiger partial charge on any atom is 0.251 e. The van der Waals surface area contributed by atoms with Gasteiger partial charge in [-0.25, -0.2) is 0 Å². The predicted octanol–water partition coefficient (Wildman–Crippen LogP) is 1.70. The van der Waals surface area contributed by atoms with Gasteiger partial charge in [-0.15, -0.1) is 0 Å². The molecule has 0 saturated carbocycles. The van der Waals surface area contributed by atoms with Crippen molar-refractivity contribution in [1.82, 2.24) is 10.2 Å². The molecule has 0 spiro atoms. The minimum Gasteiger partial charge on any atom is -0.379 e. The molecule has 4 nitrogen and oxygen atoms in total. The Morgan fingerprint density at radius 2 is 2.05 bits per heavy atom. The van der Waals surface area contributed by atoms with Crippen LogP contribution in [0.15, 0.2) is 24.3 Å². The Bertz CT molecular complexity index is 428. The van der Waals surface area contributed by atoms with Crippen molar-refractivity contribution in [3.63, 3.8) is 0 Å². The number of rotatable bonds is 6. The maximum absolute atomic E-state index is 12.1. The molecule has 20 heavy (non-hydrogen) atoms. The summed E-state index contributed by atoms with van der Waals surface area (Å²) in [7, 11) is 0. The molecule has 1 aliphatic heterocycles. The minimum atomic E-state index is 0.0458. The lowest BCUT2D eigenvalue weighted by atomic mass is 10.0. The van der Waals surface area contributed by atoms with Gasteiger partial charge in [0, 0.05) is 25.2 Å². The molecule has 1 aliphatic rings. The van der Waals surface area contributed by atoms with Crippen LogP contribution in [-0.4, -0.2) is 50.2 Å². The molecule has 0 aromatic heterocycles. The Morgan fingerprint density at radius 3 is 2.80 bits per heavy atom. The van der Waals surface area contributed by atoms with E-state index in [0.29, 0.717) is 0 Å². The molecule has 1 heterocycles. The highest BCUT2D eigenvalue weighted by Crippen LogP contribution is 2.09. The van der Waals surface area contributed by atoms with Gasteiger partial charge in [0.15, 0.2) is 0 Å². The highest BCUT2D eigenvalue weighted by molar-refractivity contribution is 5.95. The van der Waals surface area contributed by atoms with E-state index in [1.807, 2.05) is 24.3 Å². The van der Waals surface area contributed by atoms with Crippen LogP contribution in [0.2, 0.25) is 0 Å². The van der Waals surface area contributed by atoms with Gasteiger partial charge in [0.25, 0.3) is 5.91 Å². The lowest BCUT2D eigenvalue weighted by Crippen LogP contribution is -2.38. The van der Waals surface area contributed by atoms with Gasteiger partial charge >= 0.3 is 0 Å². The van der Waals surface area contributed by atoms with Crippen LogP contribution >= 0.6 is 0 Å². The maximum atomic E-state index is 12.1. The fourth-order valence-corrected chi connectivity index (χ4v) is 2.47. The molecule has 4 heteroatoms. The third-order valence-electron chi connectivity index (χ3n) is 3.68. The summed E-state index contributed by atoms with van der Waals surface area (Å²) >= 11 is 0. The zero-order chi connectivity index (χ0) is 14.2. The highest BCUT2D eigenvalue weighted by atomic mass is 16.5. The van der Waals surface area contributed by atoms with E-state index in [-0.39, 0.29) is 5.91 Å². The van der Waals surface area contributed by atoms with Crippen molar-refractivity contribution in [3.05, 3.63) is 35.4 Å². The van der Waals surface area contributed by atoms with Gasteiger partial charge in [-0.3, -0.25) is 9.69 Å². The number of nitrogens with one attached hydrogen (secondary N) is 1. The molecule has 1 saturated heterocycles. The fourth-order valence-electron chi connectivity index (χ4n) is 2.47. The van der Waals surface area contributed by atoms with Crippen LogP contribution in [0.5, 0.6) is 0 Å². The first-order chi connectivity index (χ1) is 9.81. The molecule has 2 rings (SSSR count). The summed E-state index contributed by atoms with van der Waals surface area (Å²) in [4.78, 5) is 14.5. The fraction of sp³-hybridized carbons (Fsp3) is 0.562. The van der Waals surface area contributed by atoms with Gasteiger partial charge in [0.05, 0.1) is 13.2 Å². The smallest absolute Gasteiger partial charge is 0.251 e. The first kappa shape index (κ1) is 15.0. The highest BCUT2D eigenvalue weighted by Gasteiger charge is 2.11. The third-order valence-corrected chi connectivity index (χ3v) is 3.68. The molecule has 0 atom stereocenters. The predicted molar refractivity (Wildman–Crippen MR) is 80.0 cm³/mol. The van der Waals surface area contributed by atoms with Crippen molar-refractivity contribution in [1.29, 1.82) is 0 Å². The van der Waals surface area contributed by atoms with E-state index in [1.54, 1.807) is 0 Å². The van der Waals surface area contributed by atoms with Gasteiger partial charge < -0.3 is 10.1 Å². The van der Waals surface area contributed by atoms with Crippen LogP contribution in [0, 0.1) is 0 Å². The van der Waals surface area contributed by atoms with Gasteiger partial charge in [-0.2, -0.15) is 0 Å². The second kappa shape index (κ2) is 8.02. The number of hydrogen-bond donors (Lipinski definition) is 1. The molecule has 1 fully saturated rings. The molecular formula is C16H24N2O2. The number of benzene rings is 1. The molecule has 1 amide bonds. The molecule has 0 bridgehead atoms. The minimum absolute atomic E-state index is 0.0458. The van der Waals surface area contributed by atoms with E-state index in [9.17, 15) is 4.79 Å². The lowest BCUT2D eigenvalue weighted by Gasteiger charge is -2.26. The average Bonchev–Trinajstić information content (AvgIpc) is 2.52. The van der Waals surface area contributed by atoms with E-state index in [1.165, 1.54) is 0 Å². The summed E-state index contributed by atoms with van der Waals surface area (Å²) in [5.41, 5.74) is 1.92. The zero-order valence-electron chi connectivity index (χ0n) is 12.2. The van der Waals surface area contributed by atoms with Gasteiger partial charge in [0.1, 0.15) is 0 Å². The first-order valence-electron chi connectivity index (χ1n) is 7.47. The summed E-state index contributed by atoms with van der Waals surface area (Å²) < 4.78 is 5.32. The first-order valence-corrected chi connectivity index (χ1v) is 7.47. The standard InChI is InChI=1S/C16H24N2O2/c1-2-14-6-3-4-7-15(14)16(19)17-8-5-9-18-10-12-20-13-11-18/h3-4,6-7H,2,5,8-13H2,1H3,(H,17,19). The molecule has 1 aromatic carbocycles. The number of amides is 1. The third kappa shape index (κ3) is 4.32. The Labute approximate surface area is 121 Å². The normalized spacial score (nSPS) is 16.1. The number of morpholine rings is 1. The molecule has 1 N–H and O–H groups in total. The second-order valence-electron chi connectivity index (χ2n) is 5.07. The van der Waals surface area contributed by atoms with E-state index in [4.69, 9.17) is 4.74 Å². The van der Waals surface area contributed by atoms with Crippen LogP contribution < -0.4 is 5.32 Å². The van der Waals surface area contributed by atoms with E-state index < -0.39 is 0 Å². The quantitative estimate of drug-likeness (QED) is 0.804. The second-order valence-corrected chi connectivity index (χ2v) is 5.07. The average molecular weight is 276 g/mol. The summed E-state index contributed by atoms with van der Waals surface area (Å²) in [6.07, 6.45) is 1.87. The van der Waals surface area contributed by atoms with Crippen molar-refractivity contribution in [3.8, 4) is 0 Å². The Hall–Kier alpha value is -1.39. The van der Waals surface area contributed by atoms with Crippen molar-refractivity contribution in [2.24, 2.45) is 0 Å². The zero-order valence-corrected chi connectivity index (χ0v) is 12.2. The van der Waals surface area contributed by atoms with Crippen molar-refractivity contribution < 1.29 is 9.53 Å². The number of nitrogens with zero attached hydrogens (tertiary/aromatic N) is 1. The summed E-state index contributed by atoms with van der Waals surface area (Å²) in [5.74, 6) is 0.0458. The number of ether oxygens (including phenoxy) is 1. The van der Waals surface area contributed by atoms with Crippen molar-refractivity contribution in [2.45, 2.75) is 19.8 Å². The van der Waals surface area contributed by atoms with Crippen LogP contribution in [0.1, 0.15) is 29.3 Å². The van der Waals surface area contributed by atoms with Gasteiger partial charge in [0.2, 0.25) is 0 Å². The number of aryl methyl sites for hydroxylation is 1. The van der Waals surface area contributed by atoms with E-state index in [2.05, 4.69) is 17.1 Å². The molecular weight excluding hydrogens is 252 g/mol. The van der Waals surface area contributed by atoms with Crippen molar-refractivity contribution in [2.75, 3.05) is 39.4 Å². The SMILES string of the molecule is CCc1ccccc1C(=O)NCCCN1CCOCC1. The van der Waals surface area contributed by atoms with Crippen LogP contribution in [0.3, 0.4) is 0 Å². The largest absolute Gasteiger partial charge is 0.379 e. The summed E-state index contributed by atoms with van der Waals surface area (Å²) in [5, 5.41) is 3.02. The van der Waals surface area contributed by atoms with Crippen LogP contribution in [-0.2, 0) is 11.2 Å². The Balaban J connectivity index is 1.72. The van der Waals surface area contributed by atoms with E-state index in [0.717, 1.165) is 63.4 Å². The molecule has 110 valence electrons. The Kier molecular flexibility index (Phi) is 6.02. The molecule has 1 aromatic rings.